The third-order valence-corrected chi connectivity index (χ3v) is 4.81. The Kier molecular flexibility index (Phi) is 5.83. The molecule has 1 amide bonds. The second kappa shape index (κ2) is 8.27. The molecule has 1 atom stereocenters. The molecule has 138 valence electrons. The van der Waals surface area contributed by atoms with E-state index in [-0.39, 0.29) is 5.91 Å². The van der Waals surface area contributed by atoms with E-state index in [0.717, 1.165) is 29.8 Å². The average Bonchev–Trinajstić information content (AvgIpc) is 2.99. The number of pyridine rings is 2. The Labute approximate surface area is 154 Å². The Morgan fingerprint density at radius 2 is 2.23 bits per heavy atom. The third kappa shape index (κ3) is 4.02. The first-order chi connectivity index (χ1) is 12.6. The van der Waals surface area contributed by atoms with Crippen molar-refractivity contribution in [1.82, 2.24) is 20.2 Å². The Morgan fingerprint density at radius 1 is 1.38 bits per heavy atom. The van der Waals surface area contributed by atoms with E-state index >= 15 is 0 Å². The van der Waals surface area contributed by atoms with E-state index in [4.69, 9.17) is 4.74 Å². The second-order valence-corrected chi connectivity index (χ2v) is 6.64. The zero-order chi connectivity index (χ0) is 18.5. The van der Waals surface area contributed by atoms with Gasteiger partial charge in [-0.3, -0.25) is 9.78 Å². The maximum Gasteiger partial charge on any atom is 0.256 e. The van der Waals surface area contributed by atoms with Gasteiger partial charge >= 0.3 is 0 Å². The molecule has 1 N–H and O–H groups in total. The van der Waals surface area contributed by atoms with Gasteiger partial charge in [0.05, 0.1) is 24.9 Å². The van der Waals surface area contributed by atoms with Gasteiger partial charge in [-0.15, -0.1) is 0 Å². The number of hydrogen-bond acceptors (Lipinski definition) is 5. The highest BCUT2D eigenvalue weighted by Crippen LogP contribution is 2.27. The zero-order valence-corrected chi connectivity index (χ0v) is 15.7. The smallest absolute Gasteiger partial charge is 0.256 e. The number of carbonyl (C=O) groups is 1. The van der Waals surface area contributed by atoms with Crippen LogP contribution in [-0.4, -0.2) is 40.5 Å². The van der Waals surface area contributed by atoms with E-state index in [9.17, 15) is 4.79 Å². The lowest BCUT2D eigenvalue weighted by Crippen LogP contribution is -2.26. The highest BCUT2D eigenvalue weighted by molar-refractivity contribution is 5.98. The summed E-state index contributed by atoms with van der Waals surface area (Å²) in [5, 5.41) is 3.43. The van der Waals surface area contributed by atoms with Crippen LogP contribution in [0, 0.1) is 0 Å². The SMILES string of the molecule is CC[C@@H](C)NCc1cc2c(nc1OC)CN(CCc1ccccn1)C2=O. The molecule has 0 saturated carbocycles. The minimum absolute atomic E-state index is 0.0378. The number of ether oxygens (including phenoxy) is 1. The molecule has 1 aliphatic rings. The van der Waals surface area contributed by atoms with Gasteiger partial charge in [0.25, 0.3) is 5.91 Å². The summed E-state index contributed by atoms with van der Waals surface area (Å²) in [6.07, 6.45) is 3.56. The summed E-state index contributed by atoms with van der Waals surface area (Å²) >= 11 is 0. The average molecular weight is 354 g/mol. The minimum atomic E-state index is 0.0378. The van der Waals surface area contributed by atoms with Crippen molar-refractivity contribution in [3.63, 3.8) is 0 Å². The summed E-state index contributed by atoms with van der Waals surface area (Å²) in [6, 6.07) is 8.17. The van der Waals surface area contributed by atoms with Gasteiger partial charge in [0.1, 0.15) is 0 Å². The van der Waals surface area contributed by atoms with Crippen LogP contribution in [0.15, 0.2) is 30.5 Å². The number of fused-ring (bicyclic) bond motifs is 1. The number of amides is 1. The molecule has 3 heterocycles. The van der Waals surface area contributed by atoms with E-state index in [1.165, 1.54) is 0 Å². The van der Waals surface area contributed by atoms with Gasteiger partial charge in [-0.05, 0) is 31.5 Å². The predicted molar refractivity (Wildman–Crippen MR) is 100 cm³/mol. The summed E-state index contributed by atoms with van der Waals surface area (Å²) in [4.78, 5) is 23.5. The first-order valence-corrected chi connectivity index (χ1v) is 9.11. The fourth-order valence-corrected chi connectivity index (χ4v) is 3.01. The lowest BCUT2D eigenvalue weighted by molar-refractivity contribution is 0.0779. The molecule has 0 unspecified atom stereocenters. The Balaban J connectivity index is 1.72. The molecule has 0 radical (unpaired) electrons. The molecular formula is C20H26N4O2. The summed E-state index contributed by atoms with van der Waals surface area (Å²) in [5.41, 5.74) is 3.39. The third-order valence-electron chi connectivity index (χ3n) is 4.81. The lowest BCUT2D eigenvalue weighted by atomic mass is 10.1. The molecule has 26 heavy (non-hydrogen) atoms. The van der Waals surface area contributed by atoms with E-state index in [0.29, 0.717) is 37.1 Å². The second-order valence-electron chi connectivity index (χ2n) is 6.64. The number of rotatable bonds is 8. The Hall–Kier alpha value is -2.47. The largest absolute Gasteiger partial charge is 0.481 e. The van der Waals surface area contributed by atoms with Crippen molar-refractivity contribution in [1.29, 1.82) is 0 Å². The topological polar surface area (TPSA) is 67.4 Å². The summed E-state index contributed by atoms with van der Waals surface area (Å²) < 4.78 is 5.45. The van der Waals surface area contributed by atoms with Gasteiger partial charge in [0, 0.05) is 43.0 Å². The summed E-state index contributed by atoms with van der Waals surface area (Å²) in [6.45, 7) is 6.07. The normalized spacial score (nSPS) is 14.4. The number of methoxy groups -OCH3 is 1. The van der Waals surface area contributed by atoms with E-state index in [2.05, 4.69) is 29.1 Å². The molecule has 3 rings (SSSR count). The van der Waals surface area contributed by atoms with Crippen LogP contribution < -0.4 is 10.1 Å². The first-order valence-electron chi connectivity index (χ1n) is 9.11. The Morgan fingerprint density at radius 3 is 2.92 bits per heavy atom. The minimum Gasteiger partial charge on any atom is -0.481 e. The number of nitrogens with one attached hydrogen (secondary N) is 1. The van der Waals surface area contributed by atoms with E-state index < -0.39 is 0 Å². The molecule has 1 aliphatic heterocycles. The highest BCUT2D eigenvalue weighted by Gasteiger charge is 2.30. The molecule has 0 aliphatic carbocycles. The van der Waals surface area contributed by atoms with Crippen LogP contribution in [0.25, 0.3) is 0 Å². The monoisotopic (exact) mass is 354 g/mol. The summed E-state index contributed by atoms with van der Waals surface area (Å²) in [7, 11) is 1.62. The first kappa shape index (κ1) is 18.3. The van der Waals surface area contributed by atoms with Crippen molar-refractivity contribution in [2.24, 2.45) is 0 Å². The standard InChI is InChI=1S/C20H26N4O2/c1-4-14(2)22-12-15-11-17-18(23-19(15)26-3)13-24(20(17)25)10-8-16-7-5-6-9-21-16/h5-7,9,11,14,22H,4,8,10,12-13H2,1-3H3/t14-/m1/s1. The molecule has 0 fully saturated rings. The van der Waals surface area contributed by atoms with Gasteiger partial charge in [-0.25, -0.2) is 4.98 Å². The van der Waals surface area contributed by atoms with Crippen LogP contribution in [0.4, 0.5) is 0 Å². The van der Waals surface area contributed by atoms with E-state index in [1.54, 1.807) is 13.3 Å². The van der Waals surface area contributed by atoms with Gasteiger partial charge in [-0.2, -0.15) is 0 Å². The van der Waals surface area contributed by atoms with Gasteiger partial charge in [-0.1, -0.05) is 13.0 Å². The fraction of sp³-hybridized carbons (Fsp3) is 0.450. The van der Waals surface area contributed by atoms with Crippen LogP contribution in [-0.2, 0) is 19.5 Å². The van der Waals surface area contributed by atoms with Crippen molar-refractivity contribution < 1.29 is 9.53 Å². The van der Waals surface area contributed by atoms with Crippen LogP contribution in [0.3, 0.4) is 0 Å². The van der Waals surface area contributed by atoms with Crippen LogP contribution >= 0.6 is 0 Å². The molecule has 0 aromatic carbocycles. The van der Waals surface area contributed by atoms with Gasteiger partial charge in [0.2, 0.25) is 5.88 Å². The fourth-order valence-electron chi connectivity index (χ4n) is 3.01. The number of aromatic nitrogens is 2. The van der Waals surface area contributed by atoms with Crippen molar-refractivity contribution in [2.45, 2.75) is 45.8 Å². The molecular weight excluding hydrogens is 328 g/mol. The van der Waals surface area contributed by atoms with Crippen LogP contribution in [0.5, 0.6) is 5.88 Å². The number of carbonyl (C=O) groups excluding carboxylic acids is 1. The molecule has 6 nitrogen and oxygen atoms in total. The summed E-state index contributed by atoms with van der Waals surface area (Å²) in [5.74, 6) is 0.634. The molecule has 2 aromatic rings. The molecule has 6 heteroatoms. The molecule has 0 bridgehead atoms. The maximum absolute atomic E-state index is 12.8. The van der Waals surface area contributed by atoms with Gasteiger partial charge in [0.15, 0.2) is 0 Å². The predicted octanol–water partition coefficient (Wildman–Crippen LogP) is 2.57. The quantitative estimate of drug-likeness (QED) is 0.789. The maximum atomic E-state index is 12.8. The van der Waals surface area contributed by atoms with Crippen LogP contribution in [0.2, 0.25) is 0 Å². The Bertz CT molecular complexity index is 764. The van der Waals surface area contributed by atoms with Crippen molar-refractivity contribution in [3.05, 3.63) is 53.0 Å². The van der Waals surface area contributed by atoms with Crippen molar-refractivity contribution >= 4 is 5.91 Å². The van der Waals surface area contributed by atoms with Crippen molar-refractivity contribution in [2.75, 3.05) is 13.7 Å². The van der Waals surface area contributed by atoms with E-state index in [1.807, 2.05) is 29.2 Å². The number of nitrogens with zero attached hydrogens (tertiary/aromatic N) is 3. The molecule has 0 saturated heterocycles. The zero-order valence-electron chi connectivity index (χ0n) is 15.7. The van der Waals surface area contributed by atoms with Gasteiger partial charge < -0.3 is 15.0 Å². The highest BCUT2D eigenvalue weighted by atomic mass is 16.5. The van der Waals surface area contributed by atoms with Crippen LogP contribution in [0.1, 0.15) is 47.6 Å². The molecule has 0 spiro atoms. The molecule has 2 aromatic heterocycles. The lowest BCUT2D eigenvalue weighted by Gasteiger charge is -2.14. The number of hydrogen-bond donors (Lipinski definition) is 1. The van der Waals surface area contributed by atoms with Crippen molar-refractivity contribution in [3.8, 4) is 5.88 Å².